The minimum absolute atomic E-state index is 0.00972. The predicted octanol–water partition coefficient (Wildman–Crippen LogP) is 5.27. The molecule has 2 aromatic carbocycles. The first kappa shape index (κ1) is 29.3. The predicted molar refractivity (Wildman–Crippen MR) is 153 cm³/mol. The van der Waals surface area contributed by atoms with E-state index in [-0.39, 0.29) is 40.7 Å². The van der Waals surface area contributed by atoms with Crippen molar-refractivity contribution >= 4 is 27.5 Å². The monoisotopic (exact) mass is 566 g/mol. The standard InChI is InChI=1S/C30H35FN4O4S/c1-30(2,3)29(37)35-27-26(34-25(18-32-27)20-10-13-22(14-11-20)40(4,38)39)21-12-15-23(24(31)16-21)28(36)33-17-19-8-6-5-7-9-19/h5-9,12,15-16,18,20,22H,10-11,13-14,17H2,1-4H3,(H,33,36)(H,32,35,37). The van der Waals surface area contributed by atoms with Gasteiger partial charge in [0.2, 0.25) is 5.91 Å². The zero-order chi connectivity index (χ0) is 29.1. The summed E-state index contributed by atoms with van der Waals surface area (Å²) >= 11 is 0. The second kappa shape index (κ2) is 11.8. The number of halogens is 1. The van der Waals surface area contributed by atoms with Crippen LogP contribution >= 0.6 is 0 Å². The van der Waals surface area contributed by atoms with Crippen molar-refractivity contribution in [3.05, 3.63) is 77.4 Å². The molecule has 1 saturated carbocycles. The molecular weight excluding hydrogens is 531 g/mol. The van der Waals surface area contributed by atoms with Gasteiger partial charge in [0, 0.05) is 29.7 Å². The Morgan fingerprint density at radius 3 is 2.30 bits per heavy atom. The maximum absolute atomic E-state index is 15.3. The van der Waals surface area contributed by atoms with E-state index in [0.29, 0.717) is 36.9 Å². The van der Waals surface area contributed by atoms with Crippen LogP contribution in [0.3, 0.4) is 0 Å². The molecule has 1 fully saturated rings. The summed E-state index contributed by atoms with van der Waals surface area (Å²) in [5, 5.41) is 5.17. The normalized spacial score (nSPS) is 17.7. The van der Waals surface area contributed by atoms with E-state index in [0.717, 1.165) is 5.56 Å². The molecule has 0 unspecified atom stereocenters. The first-order valence-electron chi connectivity index (χ1n) is 13.3. The number of nitrogens with one attached hydrogen (secondary N) is 2. The number of sulfone groups is 1. The second-order valence-electron chi connectivity index (χ2n) is 11.4. The number of rotatable bonds is 7. The zero-order valence-corrected chi connectivity index (χ0v) is 24.0. The summed E-state index contributed by atoms with van der Waals surface area (Å²) in [5.41, 5.74) is 1.39. The van der Waals surface area contributed by atoms with Crippen molar-refractivity contribution in [2.45, 2.75) is 64.2 Å². The van der Waals surface area contributed by atoms with Gasteiger partial charge in [-0.05, 0) is 43.4 Å². The average Bonchev–Trinajstić information content (AvgIpc) is 2.91. The summed E-state index contributed by atoms with van der Waals surface area (Å²) < 4.78 is 39.2. The van der Waals surface area contributed by atoms with E-state index in [1.807, 2.05) is 30.3 Å². The molecule has 2 amide bonds. The van der Waals surface area contributed by atoms with Crippen LogP contribution in [0.1, 0.15) is 74.0 Å². The summed E-state index contributed by atoms with van der Waals surface area (Å²) in [6.45, 7) is 5.57. The molecule has 0 atom stereocenters. The molecule has 1 aliphatic rings. The first-order valence-corrected chi connectivity index (χ1v) is 15.3. The van der Waals surface area contributed by atoms with Crippen LogP contribution < -0.4 is 10.6 Å². The van der Waals surface area contributed by atoms with Gasteiger partial charge >= 0.3 is 0 Å². The SMILES string of the molecule is CC(C)(C)C(=O)Nc1ncc(C2CCC(S(C)(=O)=O)CC2)nc1-c1ccc(C(=O)NCc2ccccc2)c(F)c1. The lowest BCUT2D eigenvalue weighted by atomic mass is 9.86. The first-order chi connectivity index (χ1) is 18.8. The van der Waals surface area contributed by atoms with E-state index in [1.54, 1.807) is 33.0 Å². The van der Waals surface area contributed by atoms with E-state index in [1.165, 1.54) is 18.4 Å². The van der Waals surface area contributed by atoms with Gasteiger partial charge in [0.1, 0.15) is 21.3 Å². The number of hydrogen-bond donors (Lipinski definition) is 2. The fraction of sp³-hybridized carbons (Fsp3) is 0.400. The minimum Gasteiger partial charge on any atom is -0.348 e. The summed E-state index contributed by atoms with van der Waals surface area (Å²) in [6, 6.07) is 13.5. The molecule has 40 heavy (non-hydrogen) atoms. The topological polar surface area (TPSA) is 118 Å². The lowest BCUT2D eigenvalue weighted by Gasteiger charge is -2.27. The molecule has 10 heteroatoms. The smallest absolute Gasteiger partial charge is 0.254 e. The summed E-state index contributed by atoms with van der Waals surface area (Å²) in [6.07, 6.45) is 5.19. The summed E-state index contributed by atoms with van der Waals surface area (Å²) in [7, 11) is -3.11. The number of amides is 2. The van der Waals surface area contributed by atoms with Crippen molar-refractivity contribution in [3.8, 4) is 11.3 Å². The van der Waals surface area contributed by atoms with Gasteiger partial charge < -0.3 is 10.6 Å². The van der Waals surface area contributed by atoms with Crippen molar-refractivity contribution in [1.82, 2.24) is 15.3 Å². The van der Waals surface area contributed by atoms with Crippen LogP contribution in [0.2, 0.25) is 0 Å². The van der Waals surface area contributed by atoms with Gasteiger partial charge in [0.25, 0.3) is 5.91 Å². The third-order valence-electron chi connectivity index (χ3n) is 7.19. The van der Waals surface area contributed by atoms with Gasteiger partial charge in [-0.15, -0.1) is 0 Å². The van der Waals surface area contributed by atoms with Crippen LogP contribution in [-0.2, 0) is 21.2 Å². The van der Waals surface area contributed by atoms with Gasteiger partial charge in [-0.25, -0.2) is 22.8 Å². The molecule has 0 saturated heterocycles. The van der Waals surface area contributed by atoms with Crippen molar-refractivity contribution in [3.63, 3.8) is 0 Å². The van der Waals surface area contributed by atoms with Crippen LogP contribution in [-0.4, -0.2) is 41.7 Å². The lowest BCUT2D eigenvalue weighted by Crippen LogP contribution is -2.29. The van der Waals surface area contributed by atoms with Crippen molar-refractivity contribution in [2.75, 3.05) is 11.6 Å². The molecule has 3 aromatic rings. The largest absolute Gasteiger partial charge is 0.348 e. The lowest BCUT2D eigenvalue weighted by molar-refractivity contribution is -0.123. The Hall–Kier alpha value is -3.66. The third kappa shape index (κ3) is 7.10. The van der Waals surface area contributed by atoms with Gasteiger partial charge in [-0.2, -0.15) is 0 Å². The van der Waals surface area contributed by atoms with Crippen LogP contribution in [0.25, 0.3) is 11.3 Å². The minimum atomic E-state index is -3.11. The van der Waals surface area contributed by atoms with E-state index in [4.69, 9.17) is 4.98 Å². The molecule has 2 N–H and O–H groups in total. The van der Waals surface area contributed by atoms with E-state index in [2.05, 4.69) is 15.6 Å². The quantitative estimate of drug-likeness (QED) is 0.402. The number of aromatic nitrogens is 2. The highest BCUT2D eigenvalue weighted by Crippen LogP contribution is 2.36. The number of hydrogen-bond acceptors (Lipinski definition) is 6. The number of nitrogens with zero attached hydrogens (tertiary/aromatic N) is 2. The molecular formula is C30H35FN4O4S. The van der Waals surface area contributed by atoms with Crippen molar-refractivity contribution < 1.29 is 22.4 Å². The molecule has 212 valence electrons. The maximum Gasteiger partial charge on any atom is 0.254 e. The second-order valence-corrected chi connectivity index (χ2v) is 13.7. The molecule has 1 heterocycles. The fourth-order valence-corrected chi connectivity index (χ4v) is 5.82. The van der Waals surface area contributed by atoms with Gasteiger partial charge in [0.15, 0.2) is 5.82 Å². The maximum atomic E-state index is 15.3. The molecule has 1 aliphatic carbocycles. The highest BCUT2D eigenvalue weighted by Gasteiger charge is 2.30. The molecule has 0 bridgehead atoms. The van der Waals surface area contributed by atoms with Crippen LogP contribution in [0, 0.1) is 11.2 Å². The van der Waals surface area contributed by atoms with E-state index in [9.17, 15) is 18.0 Å². The highest BCUT2D eigenvalue weighted by atomic mass is 32.2. The van der Waals surface area contributed by atoms with Crippen LogP contribution in [0.4, 0.5) is 10.2 Å². The third-order valence-corrected chi connectivity index (χ3v) is 8.87. The van der Waals surface area contributed by atoms with Crippen molar-refractivity contribution in [2.24, 2.45) is 5.41 Å². The molecule has 4 rings (SSSR count). The summed E-state index contributed by atoms with van der Waals surface area (Å²) in [4.78, 5) is 34.7. The molecule has 8 nitrogen and oxygen atoms in total. The summed E-state index contributed by atoms with van der Waals surface area (Å²) in [5.74, 6) is -1.37. The van der Waals surface area contributed by atoms with E-state index < -0.39 is 27.0 Å². The average molecular weight is 567 g/mol. The zero-order valence-electron chi connectivity index (χ0n) is 23.2. The number of anilines is 1. The van der Waals surface area contributed by atoms with Crippen LogP contribution in [0.15, 0.2) is 54.7 Å². The Bertz CT molecular complexity index is 1500. The van der Waals surface area contributed by atoms with Crippen LogP contribution in [0.5, 0.6) is 0 Å². The van der Waals surface area contributed by atoms with Crippen molar-refractivity contribution in [1.29, 1.82) is 0 Å². The Kier molecular flexibility index (Phi) is 8.68. The van der Waals surface area contributed by atoms with Gasteiger partial charge in [-0.1, -0.05) is 57.2 Å². The molecule has 0 radical (unpaired) electrons. The molecule has 0 aliphatic heterocycles. The highest BCUT2D eigenvalue weighted by molar-refractivity contribution is 7.91. The Balaban J connectivity index is 1.62. The number of carbonyl (C=O) groups is 2. The van der Waals surface area contributed by atoms with E-state index >= 15 is 4.39 Å². The Morgan fingerprint density at radius 2 is 1.70 bits per heavy atom. The molecule has 1 aromatic heterocycles. The number of carbonyl (C=O) groups excluding carboxylic acids is 2. The Morgan fingerprint density at radius 1 is 1.02 bits per heavy atom. The number of benzene rings is 2. The molecule has 0 spiro atoms. The van der Waals surface area contributed by atoms with Gasteiger partial charge in [0.05, 0.1) is 22.7 Å². The fourth-order valence-electron chi connectivity index (χ4n) is 4.69. The van der Waals surface area contributed by atoms with Gasteiger partial charge in [-0.3, -0.25) is 9.59 Å². The Labute approximate surface area is 234 Å².